The molecule has 2 aromatic rings. The molecule has 2 heterocycles. The number of carbonyl (C=O) groups is 1. The molecular weight excluding hydrogens is 280 g/mol. The maximum atomic E-state index is 12.0. The Kier molecular flexibility index (Phi) is 4.39. The summed E-state index contributed by atoms with van der Waals surface area (Å²) >= 11 is 2.91. The monoisotopic (exact) mass is 296 g/mol. The van der Waals surface area contributed by atoms with E-state index >= 15 is 0 Å². The summed E-state index contributed by atoms with van der Waals surface area (Å²) in [6, 6.07) is 0. The van der Waals surface area contributed by atoms with Crippen molar-refractivity contribution in [3.05, 3.63) is 26.8 Å². The molecule has 7 heteroatoms. The van der Waals surface area contributed by atoms with Crippen LogP contribution in [0.15, 0.2) is 10.8 Å². The Balaban J connectivity index is 2.02. The van der Waals surface area contributed by atoms with E-state index in [0.29, 0.717) is 16.6 Å². The second-order valence-electron chi connectivity index (χ2n) is 4.03. The number of nitrogens with two attached hydrogens (primary N) is 1. The molecule has 1 amide bonds. The number of nitrogens with zero attached hydrogens (tertiary/aromatic N) is 1. The van der Waals surface area contributed by atoms with Gasteiger partial charge in [0.15, 0.2) is 5.13 Å². The zero-order valence-corrected chi connectivity index (χ0v) is 12.5. The fraction of sp³-hybridized carbons (Fsp3) is 0.333. The molecule has 19 heavy (non-hydrogen) atoms. The lowest BCUT2D eigenvalue weighted by molar-refractivity contribution is 0.0955. The van der Waals surface area contributed by atoms with Crippen molar-refractivity contribution in [1.29, 1.82) is 0 Å². The Morgan fingerprint density at radius 2 is 2.26 bits per heavy atom. The number of hydrogen-bond donors (Lipinski definition) is 3. The van der Waals surface area contributed by atoms with Crippen LogP contribution in [0.4, 0.5) is 10.9 Å². The number of thiazole rings is 1. The van der Waals surface area contributed by atoms with Gasteiger partial charge in [-0.2, -0.15) is 11.3 Å². The molecule has 0 bridgehead atoms. The molecule has 0 atom stereocenters. The Bertz CT molecular complexity index is 576. The molecule has 0 fully saturated rings. The summed E-state index contributed by atoms with van der Waals surface area (Å²) in [4.78, 5) is 16.6. The summed E-state index contributed by atoms with van der Waals surface area (Å²) in [5.74, 6) is 0.102. The maximum Gasteiger partial charge on any atom is 0.265 e. The standard InChI is InChI=1S/C12H16N4OS2/c1-3-14-12-16-10(13)9(19-12)11(17)15-4-8-6-18-5-7(8)2/h5-6H,3-4,13H2,1-2H3,(H,14,16)(H,15,17). The first-order chi connectivity index (χ1) is 9.11. The van der Waals surface area contributed by atoms with Crippen molar-refractivity contribution < 1.29 is 4.79 Å². The van der Waals surface area contributed by atoms with Crippen molar-refractivity contribution in [1.82, 2.24) is 10.3 Å². The van der Waals surface area contributed by atoms with Crippen molar-refractivity contribution in [2.24, 2.45) is 0 Å². The van der Waals surface area contributed by atoms with E-state index in [1.54, 1.807) is 11.3 Å². The molecule has 0 spiro atoms. The van der Waals surface area contributed by atoms with Gasteiger partial charge in [0.1, 0.15) is 10.7 Å². The van der Waals surface area contributed by atoms with Crippen LogP contribution >= 0.6 is 22.7 Å². The second-order valence-corrected chi connectivity index (χ2v) is 5.77. The molecule has 0 aliphatic carbocycles. The van der Waals surface area contributed by atoms with Gasteiger partial charge in [-0.1, -0.05) is 11.3 Å². The van der Waals surface area contributed by atoms with Gasteiger partial charge < -0.3 is 16.4 Å². The minimum absolute atomic E-state index is 0.176. The minimum Gasteiger partial charge on any atom is -0.382 e. The van der Waals surface area contributed by atoms with Crippen LogP contribution in [-0.2, 0) is 6.54 Å². The van der Waals surface area contributed by atoms with E-state index in [1.807, 2.05) is 19.2 Å². The number of nitrogen functional groups attached to an aromatic ring is 1. The molecular formula is C12H16N4OS2. The average Bonchev–Trinajstić information content (AvgIpc) is 2.93. The maximum absolute atomic E-state index is 12.0. The van der Waals surface area contributed by atoms with E-state index in [0.717, 1.165) is 12.1 Å². The van der Waals surface area contributed by atoms with Gasteiger partial charge in [0, 0.05) is 13.1 Å². The Morgan fingerprint density at radius 3 is 2.89 bits per heavy atom. The van der Waals surface area contributed by atoms with Crippen molar-refractivity contribution in [2.45, 2.75) is 20.4 Å². The summed E-state index contributed by atoms with van der Waals surface area (Å²) in [6.07, 6.45) is 0. The van der Waals surface area contributed by atoms with Crippen LogP contribution in [0.3, 0.4) is 0 Å². The zero-order valence-electron chi connectivity index (χ0n) is 10.8. The van der Waals surface area contributed by atoms with Crippen molar-refractivity contribution in [2.75, 3.05) is 17.6 Å². The molecule has 2 rings (SSSR count). The SMILES string of the molecule is CCNc1nc(N)c(C(=O)NCc2cscc2C)s1. The van der Waals surface area contributed by atoms with Gasteiger partial charge >= 0.3 is 0 Å². The van der Waals surface area contributed by atoms with Gasteiger partial charge in [-0.25, -0.2) is 4.98 Å². The number of amides is 1. The highest BCUT2D eigenvalue weighted by atomic mass is 32.1. The highest BCUT2D eigenvalue weighted by molar-refractivity contribution is 7.18. The lowest BCUT2D eigenvalue weighted by atomic mass is 10.2. The molecule has 5 nitrogen and oxygen atoms in total. The Hall–Kier alpha value is -1.60. The third-order valence-electron chi connectivity index (χ3n) is 2.59. The van der Waals surface area contributed by atoms with Gasteiger partial charge in [-0.15, -0.1) is 0 Å². The van der Waals surface area contributed by atoms with Gasteiger partial charge in [-0.05, 0) is 35.7 Å². The minimum atomic E-state index is -0.176. The second kappa shape index (κ2) is 6.03. The highest BCUT2D eigenvalue weighted by Gasteiger charge is 2.15. The zero-order chi connectivity index (χ0) is 13.8. The summed E-state index contributed by atoms with van der Waals surface area (Å²) < 4.78 is 0. The van der Waals surface area contributed by atoms with Gasteiger partial charge in [0.05, 0.1) is 0 Å². The van der Waals surface area contributed by atoms with Crippen molar-refractivity contribution in [3.63, 3.8) is 0 Å². The van der Waals surface area contributed by atoms with Crippen LogP contribution in [0.25, 0.3) is 0 Å². The van der Waals surface area contributed by atoms with E-state index in [-0.39, 0.29) is 11.7 Å². The van der Waals surface area contributed by atoms with Crippen LogP contribution in [0, 0.1) is 6.92 Å². The third kappa shape index (κ3) is 3.24. The summed E-state index contributed by atoms with van der Waals surface area (Å²) in [5.41, 5.74) is 8.08. The predicted molar refractivity (Wildman–Crippen MR) is 80.9 cm³/mol. The van der Waals surface area contributed by atoms with Crippen LogP contribution in [0.2, 0.25) is 0 Å². The molecule has 0 unspecified atom stereocenters. The van der Waals surface area contributed by atoms with E-state index in [4.69, 9.17) is 5.73 Å². The van der Waals surface area contributed by atoms with E-state index in [9.17, 15) is 4.79 Å². The number of anilines is 2. The third-order valence-corrected chi connectivity index (χ3v) is 4.53. The first kappa shape index (κ1) is 13.8. The number of hydrogen-bond acceptors (Lipinski definition) is 6. The normalized spacial score (nSPS) is 10.4. The number of aromatic nitrogens is 1. The molecule has 0 aliphatic rings. The first-order valence-corrected chi connectivity index (χ1v) is 7.67. The fourth-order valence-corrected chi connectivity index (χ4v) is 3.27. The smallest absolute Gasteiger partial charge is 0.265 e. The summed E-state index contributed by atoms with van der Waals surface area (Å²) in [7, 11) is 0. The molecule has 0 saturated carbocycles. The number of aryl methyl sites for hydroxylation is 1. The van der Waals surface area contributed by atoms with Gasteiger partial charge in [-0.3, -0.25) is 4.79 Å². The van der Waals surface area contributed by atoms with Crippen molar-refractivity contribution >= 4 is 39.5 Å². The molecule has 4 N–H and O–H groups in total. The predicted octanol–water partition coefficient (Wildman–Crippen LogP) is 2.46. The molecule has 102 valence electrons. The fourth-order valence-electron chi connectivity index (χ4n) is 1.55. The number of carbonyl (C=O) groups excluding carboxylic acids is 1. The van der Waals surface area contributed by atoms with Gasteiger partial charge in [0.2, 0.25) is 0 Å². The number of nitrogens with one attached hydrogen (secondary N) is 2. The largest absolute Gasteiger partial charge is 0.382 e. The van der Waals surface area contributed by atoms with E-state index in [2.05, 4.69) is 21.0 Å². The van der Waals surface area contributed by atoms with Crippen LogP contribution < -0.4 is 16.4 Å². The van der Waals surface area contributed by atoms with E-state index in [1.165, 1.54) is 16.9 Å². The first-order valence-electron chi connectivity index (χ1n) is 5.91. The highest BCUT2D eigenvalue weighted by Crippen LogP contribution is 2.24. The topological polar surface area (TPSA) is 80.0 Å². The molecule has 0 saturated heterocycles. The summed E-state index contributed by atoms with van der Waals surface area (Å²) in [6.45, 7) is 5.27. The molecule has 0 radical (unpaired) electrons. The number of rotatable bonds is 5. The van der Waals surface area contributed by atoms with Crippen LogP contribution in [0.5, 0.6) is 0 Å². The Morgan fingerprint density at radius 1 is 1.47 bits per heavy atom. The van der Waals surface area contributed by atoms with Gasteiger partial charge in [0.25, 0.3) is 5.91 Å². The van der Waals surface area contributed by atoms with E-state index < -0.39 is 0 Å². The molecule has 2 aromatic heterocycles. The lowest BCUT2D eigenvalue weighted by Crippen LogP contribution is -2.22. The number of thiophene rings is 1. The van der Waals surface area contributed by atoms with Crippen LogP contribution in [-0.4, -0.2) is 17.4 Å². The molecule has 0 aromatic carbocycles. The van der Waals surface area contributed by atoms with Crippen LogP contribution in [0.1, 0.15) is 27.7 Å². The summed E-state index contributed by atoms with van der Waals surface area (Å²) in [5, 5.41) is 10.7. The van der Waals surface area contributed by atoms with Crippen molar-refractivity contribution in [3.8, 4) is 0 Å². The Labute approximate surface area is 119 Å². The lowest BCUT2D eigenvalue weighted by Gasteiger charge is -2.03. The average molecular weight is 296 g/mol. The quantitative estimate of drug-likeness (QED) is 0.792. The molecule has 0 aliphatic heterocycles.